The smallest absolute Gasteiger partial charge is 0.331 e. The van der Waals surface area contributed by atoms with Crippen molar-refractivity contribution >= 4 is 11.9 Å². The van der Waals surface area contributed by atoms with E-state index in [4.69, 9.17) is 9.47 Å². The van der Waals surface area contributed by atoms with Gasteiger partial charge in [-0.05, 0) is 12.8 Å². The molecule has 0 saturated heterocycles. The van der Waals surface area contributed by atoms with Gasteiger partial charge in [-0.3, -0.25) is 0 Å². The summed E-state index contributed by atoms with van der Waals surface area (Å²) in [6.07, 6.45) is 18.9. The zero-order chi connectivity index (χ0) is 19.3. The monoisotopic (exact) mass is 368 g/mol. The number of carbonyl (C=O) groups is 2. The van der Waals surface area contributed by atoms with Crippen LogP contribution in [-0.4, -0.2) is 25.2 Å². The normalized spacial score (nSPS) is 11.0. The highest BCUT2D eigenvalue weighted by Gasteiger charge is 2.01. The van der Waals surface area contributed by atoms with E-state index in [1.165, 1.54) is 64.2 Å². The van der Waals surface area contributed by atoms with Crippen LogP contribution in [0.3, 0.4) is 0 Å². The van der Waals surface area contributed by atoms with Crippen LogP contribution in [0, 0.1) is 0 Å². The van der Waals surface area contributed by atoms with Gasteiger partial charge in [0.05, 0.1) is 13.2 Å². The molecule has 0 fully saturated rings. The third-order valence-electron chi connectivity index (χ3n) is 4.34. The molecule has 0 aliphatic carbocycles. The van der Waals surface area contributed by atoms with E-state index in [0.717, 1.165) is 37.8 Å². The summed E-state index contributed by atoms with van der Waals surface area (Å²) in [5.74, 6) is -0.937. The number of hydrogen-bond acceptors (Lipinski definition) is 4. The quantitative estimate of drug-likeness (QED) is 0.166. The molecule has 0 aliphatic heterocycles. The predicted molar refractivity (Wildman–Crippen MR) is 107 cm³/mol. The summed E-state index contributed by atoms with van der Waals surface area (Å²) in [6, 6.07) is 0. The standard InChI is InChI=1S/C22H40O4/c1-3-5-7-9-11-13-15-19-25-21(23)17-18-22(24)26-20-16-14-12-10-8-6-4-2/h17-18H,3-16,19-20H2,1-2H3/b18-17+. The van der Waals surface area contributed by atoms with E-state index in [9.17, 15) is 9.59 Å². The molecule has 0 spiro atoms. The van der Waals surface area contributed by atoms with Crippen molar-refractivity contribution < 1.29 is 19.1 Å². The molecule has 0 saturated carbocycles. The molecular weight excluding hydrogens is 328 g/mol. The topological polar surface area (TPSA) is 52.6 Å². The predicted octanol–water partition coefficient (Wildman–Crippen LogP) is 6.13. The van der Waals surface area contributed by atoms with Crippen LogP contribution < -0.4 is 0 Å². The van der Waals surface area contributed by atoms with E-state index in [2.05, 4.69) is 13.8 Å². The molecule has 0 heterocycles. The largest absolute Gasteiger partial charge is 0.463 e. The number of esters is 2. The molecule has 4 heteroatoms. The SMILES string of the molecule is CCCCCCCCCOC(=O)/C=C/C(=O)OCCCCCCCCC. The molecule has 152 valence electrons. The lowest BCUT2D eigenvalue weighted by atomic mass is 10.1. The Morgan fingerprint density at radius 1 is 0.538 bits per heavy atom. The Morgan fingerprint density at radius 2 is 0.846 bits per heavy atom. The first kappa shape index (κ1) is 24.7. The van der Waals surface area contributed by atoms with Crippen LogP contribution in [0.2, 0.25) is 0 Å². The highest BCUT2D eigenvalue weighted by molar-refractivity contribution is 5.91. The van der Waals surface area contributed by atoms with Crippen LogP contribution in [0.4, 0.5) is 0 Å². The van der Waals surface area contributed by atoms with Gasteiger partial charge in [-0.2, -0.15) is 0 Å². The molecule has 0 aromatic carbocycles. The van der Waals surface area contributed by atoms with Crippen molar-refractivity contribution in [2.24, 2.45) is 0 Å². The summed E-state index contributed by atoms with van der Waals surface area (Å²) < 4.78 is 10.2. The second-order valence-electron chi connectivity index (χ2n) is 6.91. The Morgan fingerprint density at radius 3 is 1.19 bits per heavy atom. The van der Waals surface area contributed by atoms with Gasteiger partial charge in [-0.1, -0.05) is 90.9 Å². The van der Waals surface area contributed by atoms with Crippen LogP contribution in [0.25, 0.3) is 0 Å². The van der Waals surface area contributed by atoms with E-state index in [1.807, 2.05) is 0 Å². The maximum Gasteiger partial charge on any atom is 0.331 e. The number of ether oxygens (including phenoxy) is 2. The zero-order valence-electron chi connectivity index (χ0n) is 17.1. The fourth-order valence-electron chi connectivity index (χ4n) is 2.70. The maximum atomic E-state index is 11.5. The fourth-order valence-corrected chi connectivity index (χ4v) is 2.70. The average molecular weight is 369 g/mol. The Kier molecular flexibility index (Phi) is 19.0. The highest BCUT2D eigenvalue weighted by atomic mass is 16.5. The van der Waals surface area contributed by atoms with Gasteiger partial charge in [-0.25, -0.2) is 9.59 Å². The van der Waals surface area contributed by atoms with E-state index in [1.54, 1.807) is 0 Å². The summed E-state index contributed by atoms with van der Waals surface area (Å²) >= 11 is 0. The summed E-state index contributed by atoms with van der Waals surface area (Å²) in [4.78, 5) is 23.0. The van der Waals surface area contributed by atoms with Gasteiger partial charge in [0.25, 0.3) is 0 Å². The Bertz CT molecular complexity index is 329. The molecule has 0 atom stereocenters. The molecule has 0 rings (SSSR count). The minimum atomic E-state index is -0.469. The number of carbonyl (C=O) groups excluding carboxylic acids is 2. The number of unbranched alkanes of at least 4 members (excludes halogenated alkanes) is 12. The van der Waals surface area contributed by atoms with Crippen LogP contribution in [0.1, 0.15) is 104 Å². The van der Waals surface area contributed by atoms with Crippen LogP contribution in [0.15, 0.2) is 12.2 Å². The van der Waals surface area contributed by atoms with Crippen LogP contribution in [-0.2, 0) is 19.1 Å². The lowest BCUT2D eigenvalue weighted by Gasteiger charge is -2.03. The van der Waals surface area contributed by atoms with Crippen molar-refractivity contribution in [2.45, 2.75) is 104 Å². The molecule has 26 heavy (non-hydrogen) atoms. The molecule has 0 bridgehead atoms. The van der Waals surface area contributed by atoms with Crippen molar-refractivity contribution in [3.05, 3.63) is 12.2 Å². The van der Waals surface area contributed by atoms with Gasteiger partial charge in [0, 0.05) is 12.2 Å². The van der Waals surface area contributed by atoms with Gasteiger partial charge in [0.1, 0.15) is 0 Å². The molecule has 0 aromatic rings. The summed E-state index contributed by atoms with van der Waals surface area (Å²) in [5.41, 5.74) is 0. The van der Waals surface area contributed by atoms with Gasteiger partial charge in [0.15, 0.2) is 0 Å². The number of hydrogen-bond donors (Lipinski definition) is 0. The van der Waals surface area contributed by atoms with Crippen molar-refractivity contribution in [1.29, 1.82) is 0 Å². The summed E-state index contributed by atoms with van der Waals surface area (Å²) in [5, 5.41) is 0. The molecule has 0 unspecified atom stereocenters. The van der Waals surface area contributed by atoms with E-state index >= 15 is 0 Å². The van der Waals surface area contributed by atoms with Crippen molar-refractivity contribution in [1.82, 2.24) is 0 Å². The summed E-state index contributed by atoms with van der Waals surface area (Å²) in [6.45, 7) is 5.25. The summed E-state index contributed by atoms with van der Waals surface area (Å²) in [7, 11) is 0. The Balaban J connectivity index is 3.45. The molecule has 0 radical (unpaired) electrons. The highest BCUT2D eigenvalue weighted by Crippen LogP contribution is 2.08. The minimum absolute atomic E-state index is 0.421. The van der Waals surface area contributed by atoms with Crippen molar-refractivity contribution in [3.8, 4) is 0 Å². The van der Waals surface area contributed by atoms with E-state index in [-0.39, 0.29) is 0 Å². The first-order valence-corrected chi connectivity index (χ1v) is 10.7. The second kappa shape index (κ2) is 20.0. The number of rotatable bonds is 18. The van der Waals surface area contributed by atoms with Gasteiger partial charge in [0.2, 0.25) is 0 Å². The maximum absolute atomic E-state index is 11.5. The fraction of sp³-hybridized carbons (Fsp3) is 0.818. The molecule has 0 aromatic heterocycles. The lowest BCUT2D eigenvalue weighted by molar-refractivity contribution is -0.140. The molecule has 0 amide bonds. The van der Waals surface area contributed by atoms with Gasteiger partial charge < -0.3 is 9.47 Å². The van der Waals surface area contributed by atoms with Crippen LogP contribution >= 0.6 is 0 Å². The molecule has 0 aliphatic rings. The Labute approximate surface area is 160 Å². The third-order valence-corrected chi connectivity index (χ3v) is 4.34. The van der Waals surface area contributed by atoms with Crippen molar-refractivity contribution in [3.63, 3.8) is 0 Å². The first-order valence-electron chi connectivity index (χ1n) is 10.7. The zero-order valence-corrected chi connectivity index (χ0v) is 17.1. The van der Waals surface area contributed by atoms with E-state index in [0.29, 0.717) is 13.2 Å². The third kappa shape index (κ3) is 19.0. The first-order chi connectivity index (χ1) is 12.7. The van der Waals surface area contributed by atoms with Crippen LogP contribution in [0.5, 0.6) is 0 Å². The minimum Gasteiger partial charge on any atom is -0.463 e. The molecule has 0 N–H and O–H groups in total. The van der Waals surface area contributed by atoms with Gasteiger partial charge >= 0.3 is 11.9 Å². The van der Waals surface area contributed by atoms with Gasteiger partial charge in [-0.15, -0.1) is 0 Å². The molecule has 4 nitrogen and oxygen atoms in total. The molecular formula is C22H40O4. The second-order valence-corrected chi connectivity index (χ2v) is 6.91. The Hall–Kier alpha value is -1.32. The average Bonchev–Trinajstić information content (AvgIpc) is 2.64. The van der Waals surface area contributed by atoms with Crippen molar-refractivity contribution in [2.75, 3.05) is 13.2 Å². The van der Waals surface area contributed by atoms with E-state index < -0.39 is 11.9 Å². The lowest BCUT2D eigenvalue weighted by Crippen LogP contribution is -2.06.